The number of rotatable bonds is 0. The minimum atomic E-state index is -2.19. The number of carbonyl (C=O) groups is 4. The van der Waals surface area contributed by atoms with E-state index in [1.807, 2.05) is 0 Å². The molecular weight excluding hydrogens is 353 g/mol. The summed E-state index contributed by atoms with van der Waals surface area (Å²) in [5.74, 6) is -8.74. The molecule has 0 saturated carbocycles. The Labute approximate surface area is 147 Å². The zero-order valence-corrected chi connectivity index (χ0v) is 13.3. The van der Waals surface area contributed by atoms with E-state index < -0.39 is 23.9 Å². The van der Waals surface area contributed by atoms with Gasteiger partial charge in [0.25, 0.3) is 0 Å². The van der Waals surface area contributed by atoms with Gasteiger partial charge in [0.1, 0.15) is 0 Å². The fourth-order valence-corrected chi connectivity index (χ4v) is 0. The first-order chi connectivity index (χ1) is 5.29. The summed E-state index contributed by atoms with van der Waals surface area (Å²) in [6.07, 6.45) is 0. The molecule has 0 spiro atoms. The Morgan fingerprint density at radius 2 is 0.643 bits per heavy atom. The molecule has 10 heteroatoms. The van der Waals surface area contributed by atoms with Crippen LogP contribution in [0.1, 0.15) is 0 Å². The van der Waals surface area contributed by atoms with Crippen LogP contribution in [-0.2, 0) is 19.2 Å². The largest absolute Gasteiger partial charge is 2.00 e. The van der Waals surface area contributed by atoms with Crippen molar-refractivity contribution in [3.8, 4) is 0 Å². The first-order valence-electron chi connectivity index (χ1n) is 2.13. The van der Waals surface area contributed by atoms with Crippen LogP contribution in [0, 0.1) is 0 Å². The van der Waals surface area contributed by atoms with E-state index in [2.05, 4.69) is 0 Å². The van der Waals surface area contributed by atoms with Crippen molar-refractivity contribution in [1.82, 2.24) is 0 Å². The van der Waals surface area contributed by atoms with E-state index in [1.165, 1.54) is 0 Å². The second kappa shape index (κ2) is 13.7. The van der Waals surface area contributed by atoms with Crippen molar-refractivity contribution in [2.45, 2.75) is 0 Å². The van der Waals surface area contributed by atoms with Crippen molar-refractivity contribution in [3.63, 3.8) is 0 Å². The van der Waals surface area contributed by atoms with E-state index >= 15 is 0 Å². The van der Waals surface area contributed by atoms with E-state index in [0.717, 1.165) is 0 Å². The van der Waals surface area contributed by atoms with Gasteiger partial charge < -0.3 is 39.6 Å². The molecule has 0 heterocycles. The maximum absolute atomic E-state index is 8.93. The fraction of sp³-hybridized carbons (Fsp3) is 0. The minimum Gasteiger partial charge on any atom is -0.543 e. The number of carboxylic acid groups (broad SMARTS) is 4. The maximum atomic E-state index is 8.93. The molecule has 0 bridgehead atoms. The first kappa shape index (κ1) is 24.1. The van der Waals surface area contributed by atoms with Crippen LogP contribution >= 0.6 is 0 Å². The molecule has 0 fully saturated rings. The zero-order chi connectivity index (χ0) is 10.3. The van der Waals surface area contributed by atoms with E-state index in [9.17, 15) is 0 Å². The number of hydrogen-bond donors (Lipinski definition) is 0. The second-order valence-electron chi connectivity index (χ2n) is 1.15. The van der Waals surface area contributed by atoms with Gasteiger partial charge in [-0.3, -0.25) is 0 Å². The summed E-state index contributed by atoms with van der Waals surface area (Å²) in [6, 6.07) is 0. The van der Waals surface area contributed by atoms with Crippen LogP contribution in [0.25, 0.3) is 0 Å². The van der Waals surface area contributed by atoms with Crippen LogP contribution in [0.3, 0.4) is 0 Å². The van der Waals surface area contributed by atoms with Crippen molar-refractivity contribution in [2.24, 2.45) is 0 Å². The van der Waals surface area contributed by atoms with Gasteiger partial charge in [0.05, 0.1) is 23.9 Å². The molecular formula is C4BaCaO8. The summed E-state index contributed by atoms with van der Waals surface area (Å²) in [4.78, 5) is 35.7. The quantitative estimate of drug-likeness (QED) is 0.306. The maximum Gasteiger partial charge on any atom is 2.00 e. The van der Waals surface area contributed by atoms with Gasteiger partial charge in [-0.1, -0.05) is 0 Å². The van der Waals surface area contributed by atoms with Crippen LogP contribution in [0.5, 0.6) is 0 Å². The summed E-state index contributed by atoms with van der Waals surface area (Å²) < 4.78 is 0. The molecule has 0 amide bonds. The zero-order valence-electron chi connectivity index (χ0n) is 6.68. The monoisotopic (exact) mass is 354 g/mol. The van der Waals surface area contributed by atoms with Gasteiger partial charge in [-0.2, -0.15) is 0 Å². The molecule has 0 saturated heterocycles. The molecule has 0 aliphatic heterocycles. The Morgan fingerprint density at radius 1 is 0.571 bits per heavy atom. The standard InChI is InChI=1S/2C2H2O4.Ba.Ca/c2*3-1(4)2(5)6;;/h2*(H,3,4)(H,5,6);;/q;;2*+2/p-4. The SMILES string of the molecule is O=C([O-])C(=O)[O-].O=C([O-])C(=O)[O-].[Ba+2].[Ca+2]. The molecule has 0 radical (unpaired) electrons. The van der Waals surface area contributed by atoms with Crippen molar-refractivity contribution in [3.05, 3.63) is 0 Å². The van der Waals surface area contributed by atoms with Crippen LogP contribution < -0.4 is 20.4 Å². The molecule has 0 aromatic heterocycles. The summed E-state index contributed by atoms with van der Waals surface area (Å²) in [6.45, 7) is 0. The molecule has 68 valence electrons. The third-order valence-electron chi connectivity index (χ3n) is 0.333. The Kier molecular flexibility index (Phi) is 23.6. The van der Waals surface area contributed by atoms with Gasteiger partial charge in [0.15, 0.2) is 0 Å². The van der Waals surface area contributed by atoms with Crippen LogP contribution in [0.2, 0.25) is 0 Å². The van der Waals surface area contributed by atoms with E-state index in [0.29, 0.717) is 0 Å². The van der Waals surface area contributed by atoms with Crippen molar-refractivity contribution < 1.29 is 39.6 Å². The molecule has 0 N–H and O–H groups in total. The summed E-state index contributed by atoms with van der Waals surface area (Å²) >= 11 is 0. The average Bonchev–Trinajstić information content (AvgIpc) is 1.88. The van der Waals surface area contributed by atoms with Crippen molar-refractivity contribution in [1.29, 1.82) is 0 Å². The number of carboxylic acids is 4. The summed E-state index contributed by atoms with van der Waals surface area (Å²) in [5, 5.41) is 35.7. The number of aliphatic carboxylic acids is 4. The Bertz CT molecular complexity index is 177. The number of hydrogen-bond acceptors (Lipinski definition) is 8. The number of carbonyl (C=O) groups excluding carboxylic acids is 4. The molecule has 8 nitrogen and oxygen atoms in total. The molecule has 0 aromatic rings. The molecule has 0 atom stereocenters. The normalized spacial score (nSPS) is 6.29. The Morgan fingerprint density at radius 3 is 0.643 bits per heavy atom. The van der Waals surface area contributed by atoms with E-state index in [-0.39, 0.29) is 86.6 Å². The van der Waals surface area contributed by atoms with Gasteiger partial charge in [0.2, 0.25) is 0 Å². The molecule has 0 unspecified atom stereocenters. The summed E-state index contributed by atoms with van der Waals surface area (Å²) in [7, 11) is 0. The molecule has 0 aromatic carbocycles. The Balaban J connectivity index is -0.0000000625. The summed E-state index contributed by atoms with van der Waals surface area (Å²) in [5.41, 5.74) is 0. The molecule has 14 heavy (non-hydrogen) atoms. The Hall–Kier alpha value is 0.711. The van der Waals surface area contributed by atoms with Crippen molar-refractivity contribution >= 4 is 110 Å². The van der Waals surface area contributed by atoms with Gasteiger partial charge in [0, 0.05) is 0 Å². The third-order valence-corrected chi connectivity index (χ3v) is 0.333. The average molecular weight is 353 g/mol. The predicted octanol–water partition coefficient (Wildman–Crippen LogP) is -7.79. The molecule has 0 aliphatic rings. The molecule has 0 rings (SSSR count). The van der Waals surface area contributed by atoms with Crippen molar-refractivity contribution in [2.75, 3.05) is 0 Å². The van der Waals surface area contributed by atoms with Gasteiger partial charge in [-0.25, -0.2) is 0 Å². The van der Waals surface area contributed by atoms with E-state index in [4.69, 9.17) is 39.6 Å². The molecule has 0 aliphatic carbocycles. The third kappa shape index (κ3) is 23.0. The van der Waals surface area contributed by atoms with Gasteiger partial charge in [-0.05, 0) is 0 Å². The topological polar surface area (TPSA) is 161 Å². The fourth-order valence-electron chi connectivity index (χ4n) is 0. The van der Waals surface area contributed by atoms with Crippen LogP contribution in [0.15, 0.2) is 0 Å². The second-order valence-corrected chi connectivity index (χ2v) is 1.15. The predicted molar refractivity (Wildman–Crippen MR) is 31.5 cm³/mol. The van der Waals surface area contributed by atoms with Crippen LogP contribution in [-0.4, -0.2) is 110 Å². The smallest absolute Gasteiger partial charge is 0.543 e. The first-order valence-corrected chi connectivity index (χ1v) is 2.13. The van der Waals surface area contributed by atoms with Crippen LogP contribution in [0.4, 0.5) is 0 Å². The minimum absolute atomic E-state index is 0. The van der Waals surface area contributed by atoms with Gasteiger partial charge >= 0.3 is 86.6 Å². The van der Waals surface area contributed by atoms with Gasteiger partial charge in [-0.15, -0.1) is 0 Å². The van der Waals surface area contributed by atoms with E-state index in [1.54, 1.807) is 0 Å².